The van der Waals surface area contributed by atoms with Crippen molar-refractivity contribution in [1.29, 1.82) is 0 Å². The summed E-state index contributed by atoms with van der Waals surface area (Å²) in [5.41, 5.74) is 3.29. The number of carbonyl (C=O) groups is 1. The number of para-hydroxylation sites is 1. The van der Waals surface area contributed by atoms with Gasteiger partial charge >= 0.3 is 5.91 Å². The Balaban J connectivity index is 1.40. The van der Waals surface area contributed by atoms with Gasteiger partial charge in [-0.15, -0.1) is 10.2 Å². The summed E-state index contributed by atoms with van der Waals surface area (Å²) in [7, 11) is 0. The van der Waals surface area contributed by atoms with Crippen LogP contribution in [0.5, 0.6) is 0 Å². The Morgan fingerprint density at radius 3 is 2.81 bits per heavy atom. The molecule has 11 nitrogen and oxygen atoms in total. The maximum Gasteiger partial charge on any atom is 0.307 e. The lowest BCUT2D eigenvalue weighted by Crippen LogP contribution is -2.16. The fourth-order valence-corrected chi connectivity index (χ4v) is 4.46. The number of nitro benzene ring substituents is 1. The van der Waals surface area contributed by atoms with Crippen molar-refractivity contribution in [2.75, 3.05) is 0 Å². The topological polar surface area (TPSA) is 142 Å². The van der Waals surface area contributed by atoms with E-state index in [1.54, 1.807) is 36.6 Å². The summed E-state index contributed by atoms with van der Waals surface area (Å²) in [6, 6.07) is 16.8. The van der Waals surface area contributed by atoms with E-state index >= 15 is 0 Å². The first kappa shape index (κ1) is 23.1. The zero-order valence-corrected chi connectivity index (χ0v) is 19.6. The number of benzene rings is 2. The molecule has 0 aliphatic rings. The minimum atomic E-state index is -0.545. The van der Waals surface area contributed by atoms with Crippen molar-refractivity contribution in [2.45, 2.75) is 23.5 Å². The molecule has 0 aliphatic heterocycles. The first-order valence-electron chi connectivity index (χ1n) is 10.8. The third-order valence-corrected chi connectivity index (χ3v) is 6.28. The molecule has 0 bridgehead atoms. The van der Waals surface area contributed by atoms with Crippen LogP contribution >= 0.6 is 11.8 Å². The zero-order valence-electron chi connectivity index (χ0n) is 18.8. The van der Waals surface area contributed by atoms with Gasteiger partial charge in [0.25, 0.3) is 5.69 Å². The maximum absolute atomic E-state index is 12.5. The van der Waals surface area contributed by atoms with Crippen LogP contribution in [0.1, 0.15) is 23.0 Å². The van der Waals surface area contributed by atoms with Crippen LogP contribution in [0.4, 0.5) is 5.69 Å². The van der Waals surface area contributed by atoms with E-state index in [4.69, 9.17) is 8.83 Å². The Labute approximate surface area is 208 Å². The SMILES string of the molecule is CCn1c(Sc2ccc([N+](=O)[O-])cc2/C=N/NC(=O)c2cc3ccccc3o2)nnc1-c1ccco1. The van der Waals surface area contributed by atoms with E-state index in [0.717, 1.165) is 5.39 Å². The quantitative estimate of drug-likeness (QED) is 0.175. The number of fused-ring (bicyclic) bond motifs is 1. The van der Waals surface area contributed by atoms with Gasteiger partial charge in [-0.3, -0.25) is 19.5 Å². The Hall–Kier alpha value is -4.71. The molecular weight excluding hydrogens is 484 g/mol. The van der Waals surface area contributed by atoms with E-state index in [2.05, 4.69) is 20.7 Å². The van der Waals surface area contributed by atoms with Gasteiger partial charge in [0.15, 0.2) is 22.5 Å². The normalized spacial score (nSPS) is 11.4. The Kier molecular flexibility index (Phi) is 6.33. The van der Waals surface area contributed by atoms with Crippen LogP contribution in [-0.4, -0.2) is 31.8 Å². The van der Waals surface area contributed by atoms with E-state index in [0.29, 0.717) is 39.3 Å². The number of nitro groups is 1. The summed E-state index contributed by atoms with van der Waals surface area (Å²) < 4.78 is 12.9. The molecule has 36 heavy (non-hydrogen) atoms. The highest BCUT2D eigenvalue weighted by molar-refractivity contribution is 7.99. The number of hydrogen-bond acceptors (Lipinski definition) is 9. The molecule has 1 amide bonds. The third-order valence-electron chi connectivity index (χ3n) is 5.20. The fourth-order valence-electron chi connectivity index (χ4n) is 3.49. The van der Waals surface area contributed by atoms with Crippen molar-refractivity contribution in [2.24, 2.45) is 5.10 Å². The van der Waals surface area contributed by atoms with E-state index in [1.807, 2.05) is 29.7 Å². The number of carbonyl (C=O) groups excluding carboxylic acids is 1. The van der Waals surface area contributed by atoms with Crippen LogP contribution in [0.15, 0.2) is 90.9 Å². The predicted octanol–water partition coefficient (Wildman–Crippen LogP) is 5.13. The van der Waals surface area contributed by atoms with Gasteiger partial charge in [-0.25, -0.2) is 5.43 Å². The largest absolute Gasteiger partial charge is 0.461 e. The second-order valence-corrected chi connectivity index (χ2v) is 8.47. The molecule has 12 heteroatoms. The van der Waals surface area contributed by atoms with Gasteiger partial charge in [0.1, 0.15) is 5.58 Å². The molecule has 0 spiro atoms. The number of hydrazone groups is 1. The second-order valence-electron chi connectivity index (χ2n) is 7.46. The standard InChI is InChI=1S/C24H18N6O5S/c1-2-29-22(19-8-5-11-34-19)26-28-24(29)36-21-10-9-17(30(32)33)12-16(21)14-25-27-23(31)20-13-15-6-3-4-7-18(15)35-20/h3-14H,2H2,1H3,(H,27,31)/b25-14+. The fraction of sp³-hybridized carbons (Fsp3) is 0.0833. The Bertz CT molecular complexity index is 1550. The summed E-state index contributed by atoms with van der Waals surface area (Å²) in [5.74, 6) is 0.703. The number of hydrogen-bond donors (Lipinski definition) is 1. The van der Waals surface area contributed by atoms with Crippen LogP contribution in [0, 0.1) is 10.1 Å². The zero-order chi connectivity index (χ0) is 25.1. The van der Waals surface area contributed by atoms with E-state index in [-0.39, 0.29) is 11.4 Å². The lowest BCUT2D eigenvalue weighted by atomic mass is 10.2. The summed E-state index contributed by atoms with van der Waals surface area (Å²) in [6.07, 6.45) is 2.90. The average molecular weight is 503 g/mol. The van der Waals surface area contributed by atoms with Crippen LogP contribution < -0.4 is 5.43 Å². The number of furan rings is 2. The summed E-state index contributed by atoms with van der Waals surface area (Å²) in [6.45, 7) is 2.53. The van der Waals surface area contributed by atoms with Crippen molar-refractivity contribution >= 4 is 40.5 Å². The first-order chi connectivity index (χ1) is 17.5. The Morgan fingerprint density at radius 2 is 2.06 bits per heavy atom. The summed E-state index contributed by atoms with van der Waals surface area (Å²) >= 11 is 1.26. The number of nitrogens with one attached hydrogen (secondary N) is 1. The molecule has 0 saturated heterocycles. The second kappa shape index (κ2) is 9.88. The smallest absolute Gasteiger partial charge is 0.307 e. The monoisotopic (exact) mass is 502 g/mol. The predicted molar refractivity (Wildman–Crippen MR) is 132 cm³/mol. The lowest BCUT2D eigenvalue weighted by molar-refractivity contribution is -0.384. The van der Waals surface area contributed by atoms with Crippen molar-refractivity contribution in [3.05, 3.63) is 88.4 Å². The highest BCUT2D eigenvalue weighted by Gasteiger charge is 2.18. The molecule has 0 unspecified atom stereocenters. The molecule has 180 valence electrons. The number of aromatic nitrogens is 3. The number of rotatable bonds is 8. The minimum Gasteiger partial charge on any atom is -0.461 e. The van der Waals surface area contributed by atoms with Crippen molar-refractivity contribution in [3.8, 4) is 11.6 Å². The Morgan fingerprint density at radius 1 is 1.19 bits per heavy atom. The molecule has 0 aliphatic carbocycles. The van der Waals surface area contributed by atoms with Gasteiger partial charge in [0, 0.05) is 34.5 Å². The highest BCUT2D eigenvalue weighted by atomic mass is 32.2. The molecule has 2 aromatic carbocycles. The van der Waals surface area contributed by atoms with Gasteiger partial charge in [0.2, 0.25) is 0 Å². The molecule has 0 atom stereocenters. The van der Waals surface area contributed by atoms with Gasteiger partial charge in [0.05, 0.1) is 17.4 Å². The molecule has 3 heterocycles. The molecule has 0 fully saturated rings. The van der Waals surface area contributed by atoms with Crippen LogP contribution in [0.2, 0.25) is 0 Å². The van der Waals surface area contributed by atoms with E-state index < -0.39 is 10.8 Å². The lowest BCUT2D eigenvalue weighted by Gasteiger charge is -2.08. The molecule has 3 aromatic heterocycles. The van der Waals surface area contributed by atoms with Crippen molar-refractivity contribution in [1.82, 2.24) is 20.2 Å². The molecular formula is C24H18N6O5S. The molecule has 0 radical (unpaired) electrons. The van der Waals surface area contributed by atoms with Crippen LogP contribution in [0.25, 0.3) is 22.6 Å². The van der Waals surface area contributed by atoms with Crippen molar-refractivity contribution < 1.29 is 18.6 Å². The molecule has 5 rings (SSSR count). The summed E-state index contributed by atoms with van der Waals surface area (Å²) in [5, 5.41) is 25.2. The number of amides is 1. The van der Waals surface area contributed by atoms with E-state index in [1.165, 1.54) is 30.1 Å². The minimum absolute atomic E-state index is 0.100. The van der Waals surface area contributed by atoms with Gasteiger partial charge in [-0.1, -0.05) is 18.2 Å². The van der Waals surface area contributed by atoms with Crippen LogP contribution in [-0.2, 0) is 6.54 Å². The number of nitrogens with zero attached hydrogens (tertiary/aromatic N) is 5. The molecule has 0 saturated carbocycles. The van der Waals surface area contributed by atoms with Gasteiger partial charge in [-0.05, 0) is 49.0 Å². The molecule has 5 aromatic rings. The number of non-ortho nitro benzene ring substituents is 1. The van der Waals surface area contributed by atoms with Crippen LogP contribution in [0.3, 0.4) is 0 Å². The molecule has 1 N–H and O–H groups in total. The first-order valence-corrected chi connectivity index (χ1v) is 11.6. The third kappa shape index (κ3) is 4.61. The summed E-state index contributed by atoms with van der Waals surface area (Å²) in [4.78, 5) is 24.0. The van der Waals surface area contributed by atoms with E-state index in [9.17, 15) is 14.9 Å². The van der Waals surface area contributed by atoms with Gasteiger partial charge < -0.3 is 8.83 Å². The highest BCUT2D eigenvalue weighted by Crippen LogP contribution is 2.33. The maximum atomic E-state index is 12.5. The van der Waals surface area contributed by atoms with Crippen molar-refractivity contribution in [3.63, 3.8) is 0 Å². The average Bonchev–Trinajstić information content (AvgIpc) is 3.63. The van der Waals surface area contributed by atoms with Gasteiger partial charge in [-0.2, -0.15) is 5.10 Å².